The van der Waals surface area contributed by atoms with Gasteiger partial charge in [-0.05, 0) is 0 Å². The van der Waals surface area contributed by atoms with Crippen molar-refractivity contribution in [2.45, 2.75) is 154 Å². The van der Waals surface area contributed by atoms with E-state index in [0.717, 1.165) is 56.9 Å². The molecule has 5 aliphatic rings. The van der Waals surface area contributed by atoms with Gasteiger partial charge in [-0.2, -0.15) is 0 Å². The molecule has 5 heterocycles. The van der Waals surface area contributed by atoms with E-state index in [-0.39, 0.29) is 276 Å². The van der Waals surface area contributed by atoms with Gasteiger partial charge in [-0.1, -0.05) is 0 Å². The van der Waals surface area contributed by atoms with E-state index < -0.39 is 248 Å². The molecular weight excluding hydrogens is 1730 g/mol. The fourth-order valence-corrected chi connectivity index (χ4v) is 13.3. The third kappa shape index (κ3) is 39.0. The van der Waals surface area contributed by atoms with Crippen LogP contribution in [0.5, 0.6) is 0 Å². The number of carboxylic acids is 2. The molecule has 25 unspecified atom stereocenters. The maximum atomic E-state index is 13.3. The van der Waals surface area contributed by atoms with Gasteiger partial charge >= 0.3 is 236 Å². The molecular formula is C46H73NNa8O49S6. The third-order valence-corrected chi connectivity index (χ3v) is 17.5. The molecule has 5 saturated heterocycles. The van der Waals surface area contributed by atoms with E-state index >= 15 is 0 Å². The quantitative estimate of drug-likeness (QED) is 0.0256. The fraction of sp³-hybridized carbons (Fsp3) is 0.957. The molecule has 0 aliphatic carbocycles. The van der Waals surface area contributed by atoms with Gasteiger partial charge in [0, 0.05) is 63.4 Å². The molecule has 0 aromatic carbocycles. The first-order valence-electron chi connectivity index (χ1n) is 28.9. The molecule has 25 atom stereocenters. The molecule has 64 heteroatoms. The van der Waals surface area contributed by atoms with Crippen LogP contribution < -0.4 is 252 Å². The van der Waals surface area contributed by atoms with Crippen LogP contribution in [-0.4, -0.2) is 373 Å². The smallest absolute Gasteiger partial charge is 0.726 e. The second kappa shape index (κ2) is 57.1. The van der Waals surface area contributed by atoms with Gasteiger partial charge in [0.15, 0.2) is 43.7 Å². The maximum absolute atomic E-state index is 13.3. The van der Waals surface area contributed by atoms with Gasteiger partial charge in [-0.15, -0.1) is 0 Å². The first-order chi connectivity index (χ1) is 47.6. The van der Waals surface area contributed by atoms with E-state index in [1.165, 1.54) is 0 Å². The molecule has 5 fully saturated rings. The SMILES string of the molecule is COC1OC(COS(=O)(=O)[O-])C(OC2OC(C(=O)[O-])C(OC3OC(COS(=O)(=O)[O-])C(OC4OC(C(=O)[O-])C(OC5OC(COS(=O)(=O)[O-])C(OCCOCCOCCOCCN)C(OC)C5OC)C(OC)C4OC)C(OS(=O)(=O)[O-])C3OS(=O)(=O)[O-])C(OC)C2OC)C(OC)C1OS(=O)(=O)[O-].[Na+].[Na+].[Na+].[Na+].[Na+].[Na+].[Na+].[Na+]. The summed E-state index contributed by atoms with van der Waals surface area (Å²) in [5, 5.41) is 26.5. The molecule has 2 N–H and O–H groups in total. The Morgan fingerprint density at radius 1 is 0.300 bits per heavy atom. The molecule has 0 aromatic rings. The number of carbonyl (C=O) groups is 2. The first kappa shape index (κ1) is 122. The van der Waals surface area contributed by atoms with Gasteiger partial charge in [0.1, 0.15) is 110 Å². The summed E-state index contributed by atoms with van der Waals surface area (Å²) >= 11 is 0. The zero-order valence-electron chi connectivity index (χ0n) is 62.2. The van der Waals surface area contributed by atoms with Crippen molar-refractivity contribution in [3.8, 4) is 0 Å². The van der Waals surface area contributed by atoms with E-state index in [1.807, 2.05) is 0 Å². The van der Waals surface area contributed by atoms with Crippen molar-refractivity contribution in [2.24, 2.45) is 5.73 Å². The Labute approximate surface area is 810 Å². The van der Waals surface area contributed by atoms with Crippen molar-refractivity contribution in [1.82, 2.24) is 0 Å². The molecule has 0 amide bonds. The summed E-state index contributed by atoms with van der Waals surface area (Å²) in [6.45, 7) is -3.62. The molecule has 5 rings (SSSR count). The Bertz CT molecular complexity index is 3340. The normalized spacial score (nSPS) is 32.9. The van der Waals surface area contributed by atoms with Crippen LogP contribution in [0.1, 0.15) is 0 Å². The van der Waals surface area contributed by atoms with Crippen molar-refractivity contribution in [2.75, 3.05) is 129 Å². The number of nitrogens with two attached hydrogens (primary N) is 1. The third-order valence-electron chi connectivity index (χ3n) is 14.9. The van der Waals surface area contributed by atoms with Crippen LogP contribution in [0, 0.1) is 0 Å². The number of carboxylic acid groups (broad SMARTS) is 2. The summed E-state index contributed by atoms with van der Waals surface area (Å²) in [6.07, 6.45) is -57.8. The van der Waals surface area contributed by atoms with Crippen LogP contribution in [0.2, 0.25) is 0 Å². The van der Waals surface area contributed by atoms with Gasteiger partial charge in [0.05, 0.1) is 78.0 Å². The average Bonchev–Trinajstić information content (AvgIpc) is 0.758. The summed E-state index contributed by atoms with van der Waals surface area (Å²) in [4.78, 5) is 26.5. The summed E-state index contributed by atoms with van der Waals surface area (Å²) in [6, 6.07) is 0. The zero-order valence-corrected chi connectivity index (χ0v) is 83.1. The minimum Gasteiger partial charge on any atom is -0.726 e. The van der Waals surface area contributed by atoms with Crippen molar-refractivity contribution in [3.05, 3.63) is 0 Å². The second-order valence-corrected chi connectivity index (χ2v) is 27.3. The topological polar surface area (TPSA) is 699 Å². The summed E-state index contributed by atoms with van der Waals surface area (Å²) in [7, 11) is -28.9. The second-order valence-electron chi connectivity index (χ2n) is 21.1. The number of methoxy groups -OCH3 is 8. The predicted molar refractivity (Wildman–Crippen MR) is 297 cm³/mol. The standard InChI is InChI=1S/C46H81NO49S6.8Na/c1-70-26-23(81-16-15-80-14-13-79-12-11-78-10-9-47)20(17-82-97(52,53)54)86-43(35(26)74-5)90-30-28(72-3)37(76-7)45(93-33(30)40(48)49)89-25-22(19-84-99(58,59)60)87-46(39(96-102(67,68)69)32(25)94-100(61,62)63)91-31-29(73-4)36(75-6)44(92-34(31)41(50)51)88-24-21(18-83-98(55,56)57)85-42(77-8)38(27(24)71-2)95-101(64,65)66;;;;;;;;/h20-39,42-46H,9-19,47H2,1-8H3,(H,48,49)(H,50,51)(H,52,53,54)(H,55,56,57)(H,58,59,60)(H,61,62,63)(H,64,65,66)(H,67,68,69);;;;;;;;/q;8*+1/p-8. The van der Waals surface area contributed by atoms with Crippen LogP contribution in [0.25, 0.3) is 0 Å². The summed E-state index contributed by atoms with van der Waals surface area (Å²) in [5.74, 6) is -4.74. The Balaban J connectivity index is -0.00000702. The largest absolute Gasteiger partial charge is 1.00 e. The molecule has 5 aliphatic heterocycles. The number of carbonyl (C=O) groups excluding carboxylic acids is 2. The van der Waals surface area contributed by atoms with Gasteiger partial charge in [-0.3, -0.25) is 25.1 Å². The van der Waals surface area contributed by atoms with Crippen molar-refractivity contribution in [1.29, 1.82) is 0 Å². The Hall–Kier alpha value is 5.28. The molecule has 50 nitrogen and oxygen atoms in total. The number of rotatable bonds is 45. The number of hydrogen-bond donors (Lipinski definition) is 1. The molecule has 0 saturated carbocycles. The van der Waals surface area contributed by atoms with E-state index in [2.05, 4.69) is 25.1 Å². The predicted octanol–water partition coefficient (Wildman–Crippen LogP) is -36.2. The van der Waals surface area contributed by atoms with Crippen molar-refractivity contribution in [3.63, 3.8) is 0 Å². The van der Waals surface area contributed by atoms with E-state index in [4.69, 9.17) is 105 Å². The zero-order chi connectivity index (χ0) is 76.5. The molecule has 0 radical (unpaired) electrons. The van der Waals surface area contributed by atoms with Gasteiger partial charge in [0.2, 0.25) is 62.4 Å². The van der Waals surface area contributed by atoms with Crippen molar-refractivity contribution < 1.29 is 459 Å². The van der Waals surface area contributed by atoms with Gasteiger partial charge < -0.3 is 152 Å². The van der Waals surface area contributed by atoms with Crippen LogP contribution in [-0.2, 0) is 197 Å². The molecule has 0 spiro atoms. The average molecular weight is 1800 g/mol. The number of aliphatic carboxylic acids is 2. The molecule has 600 valence electrons. The van der Waals surface area contributed by atoms with E-state index in [9.17, 15) is 97.6 Å². The summed E-state index contributed by atoms with van der Waals surface area (Å²) in [5.41, 5.74) is 5.37. The van der Waals surface area contributed by atoms with Gasteiger partial charge in [-0.25, -0.2) is 50.5 Å². The van der Waals surface area contributed by atoms with Crippen LogP contribution in [0.3, 0.4) is 0 Å². The molecule has 0 bridgehead atoms. The van der Waals surface area contributed by atoms with Gasteiger partial charge in [0.25, 0.3) is 0 Å². The number of ether oxygens (including phenoxy) is 21. The van der Waals surface area contributed by atoms with Crippen LogP contribution >= 0.6 is 0 Å². The van der Waals surface area contributed by atoms with E-state index in [1.54, 1.807) is 0 Å². The molecule has 110 heavy (non-hydrogen) atoms. The van der Waals surface area contributed by atoms with Crippen LogP contribution in [0.15, 0.2) is 0 Å². The number of hydrogen-bond acceptors (Lipinski definition) is 50. The van der Waals surface area contributed by atoms with Crippen LogP contribution in [0.4, 0.5) is 0 Å². The monoisotopic (exact) mass is 1800 g/mol. The van der Waals surface area contributed by atoms with Crippen molar-refractivity contribution >= 4 is 74.3 Å². The Morgan fingerprint density at radius 2 is 0.555 bits per heavy atom. The Kier molecular flexibility index (Phi) is 63.1. The van der Waals surface area contributed by atoms with E-state index in [0.29, 0.717) is 13.2 Å². The first-order valence-corrected chi connectivity index (χ1v) is 36.9. The summed E-state index contributed by atoms with van der Waals surface area (Å²) < 4.78 is 364. The molecule has 0 aromatic heterocycles. The maximum Gasteiger partial charge on any atom is 1.00 e. The Morgan fingerprint density at radius 3 is 0.864 bits per heavy atom. The minimum atomic E-state index is -6.48. The minimum absolute atomic E-state index is 0. The fourth-order valence-electron chi connectivity index (χ4n) is 11.0.